The molecule has 0 saturated carbocycles. The summed E-state index contributed by atoms with van der Waals surface area (Å²) < 4.78 is 5.97. The molecule has 2 amide bonds. The summed E-state index contributed by atoms with van der Waals surface area (Å²) >= 11 is 7.51. The first-order valence-corrected chi connectivity index (χ1v) is 10.5. The lowest BCUT2D eigenvalue weighted by Crippen LogP contribution is -2.49. The lowest BCUT2D eigenvalue weighted by atomic mass is 10.0. The van der Waals surface area contributed by atoms with Crippen molar-refractivity contribution in [2.24, 2.45) is 0 Å². The molecule has 1 saturated heterocycles. The molecular weight excluding hydrogens is 382 g/mol. The Labute approximate surface area is 169 Å². The monoisotopic (exact) mass is 407 g/mol. The number of carbonyl (C=O) groups is 1. The standard InChI is InChI=1S/C20H26ClN3O2S/c1-3-23(14-18-8-9-19(21)27-18)20(25)22-15-10-12-24(13-11-15)16-4-6-17(26-2)7-5-16/h4-9,15H,3,10-14H2,1-2H3,(H,22,25). The first-order chi connectivity index (χ1) is 13.1. The van der Waals surface area contributed by atoms with Crippen LogP contribution in [-0.2, 0) is 6.54 Å². The molecule has 5 nitrogen and oxygen atoms in total. The SMILES string of the molecule is CCN(Cc1ccc(Cl)s1)C(=O)NC1CCN(c2ccc(OC)cc2)CC1. The van der Waals surface area contributed by atoms with Gasteiger partial charge in [-0.1, -0.05) is 11.6 Å². The molecular formula is C20H26ClN3O2S. The van der Waals surface area contributed by atoms with Crippen LogP contribution in [0.3, 0.4) is 0 Å². The fourth-order valence-electron chi connectivity index (χ4n) is 3.29. The molecule has 3 rings (SSSR count). The van der Waals surface area contributed by atoms with E-state index in [4.69, 9.17) is 16.3 Å². The Bertz CT molecular complexity index is 742. The number of carbonyl (C=O) groups excluding carboxylic acids is 1. The summed E-state index contributed by atoms with van der Waals surface area (Å²) in [5.41, 5.74) is 1.20. The van der Waals surface area contributed by atoms with Crippen LogP contribution in [-0.4, -0.2) is 43.7 Å². The number of nitrogens with zero attached hydrogens (tertiary/aromatic N) is 2. The number of piperidine rings is 1. The van der Waals surface area contributed by atoms with E-state index in [0.717, 1.165) is 40.9 Å². The minimum absolute atomic E-state index is 0.00456. The van der Waals surface area contributed by atoms with Gasteiger partial charge in [-0.3, -0.25) is 0 Å². The minimum Gasteiger partial charge on any atom is -0.497 e. The second kappa shape index (κ2) is 9.33. The Morgan fingerprint density at radius 3 is 2.52 bits per heavy atom. The highest BCUT2D eigenvalue weighted by Gasteiger charge is 2.23. The van der Waals surface area contributed by atoms with Crippen LogP contribution in [0.2, 0.25) is 4.34 Å². The summed E-state index contributed by atoms with van der Waals surface area (Å²) in [5, 5.41) is 3.20. The summed E-state index contributed by atoms with van der Waals surface area (Å²) in [5.74, 6) is 0.868. The Hall–Kier alpha value is -1.92. The molecule has 2 aromatic rings. The Balaban J connectivity index is 1.49. The lowest BCUT2D eigenvalue weighted by molar-refractivity contribution is 0.192. The molecule has 0 atom stereocenters. The van der Waals surface area contributed by atoms with Gasteiger partial charge in [-0.05, 0) is 56.2 Å². The molecule has 146 valence electrons. The van der Waals surface area contributed by atoms with Crippen LogP contribution in [0.15, 0.2) is 36.4 Å². The molecule has 1 aliphatic rings. The van der Waals surface area contributed by atoms with Crippen LogP contribution >= 0.6 is 22.9 Å². The molecule has 27 heavy (non-hydrogen) atoms. The Morgan fingerprint density at radius 2 is 1.96 bits per heavy atom. The molecule has 1 aliphatic heterocycles. The van der Waals surface area contributed by atoms with E-state index in [-0.39, 0.29) is 12.1 Å². The number of amides is 2. The number of methoxy groups -OCH3 is 1. The van der Waals surface area contributed by atoms with Crippen molar-refractivity contribution in [1.82, 2.24) is 10.2 Å². The van der Waals surface area contributed by atoms with E-state index >= 15 is 0 Å². The molecule has 1 N–H and O–H groups in total. The normalized spacial score (nSPS) is 14.9. The van der Waals surface area contributed by atoms with Crippen LogP contribution in [0.1, 0.15) is 24.6 Å². The van der Waals surface area contributed by atoms with E-state index in [1.807, 2.05) is 36.1 Å². The van der Waals surface area contributed by atoms with E-state index in [1.165, 1.54) is 17.0 Å². The van der Waals surface area contributed by atoms with Gasteiger partial charge in [-0.25, -0.2) is 4.79 Å². The van der Waals surface area contributed by atoms with Crippen molar-refractivity contribution in [3.05, 3.63) is 45.6 Å². The van der Waals surface area contributed by atoms with Gasteiger partial charge < -0.3 is 19.9 Å². The third-order valence-corrected chi connectivity index (χ3v) is 6.12. The second-order valence-electron chi connectivity index (χ2n) is 6.63. The molecule has 0 spiro atoms. The largest absolute Gasteiger partial charge is 0.497 e. The molecule has 1 fully saturated rings. The number of rotatable bonds is 6. The summed E-state index contributed by atoms with van der Waals surface area (Å²) in [6, 6.07) is 12.2. The molecule has 0 radical (unpaired) electrons. The van der Waals surface area contributed by atoms with Crippen LogP contribution < -0.4 is 15.0 Å². The summed E-state index contributed by atoms with van der Waals surface area (Å²) in [6.45, 7) is 5.14. The average Bonchev–Trinajstić information content (AvgIpc) is 3.11. The van der Waals surface area contributed by atoms with Crippen molar-refractivity contribution in [2.75, 3.05) is 31.6 Å². The topological polar surface area (TPSA) is 44.8 Å². The van der Waals surface area contributed by atoms with Crippen molar-refractivity contribution in [2.45, 2.75) is 32.4 Å². The van der Waals surface area contributed by atoms with Gasteiger partial charge in [0.25, 0.3) is 0 Å². The number of nitrogens with one attached hydrogen (secondary N) is 1. The quantitative estimate of drug-likeness (QED) is 0.760. The van der Waals surface area contributed by atoms with Gasteiger partial charge in [0.1, 0.15) is 5.75 Å². The summed E-state index contributed by atoms with van der Waals surface area (Å²) in [4.78, 5) is 17.9. The highest BCUT2D eigenvalue weighted by molar-refractivity contribution is 7.16. The molecule has 0 unspecified atom stereocenters. The fraction of sp³-hybridized carbons (Fsp3) is 0.450. The van der Waals surface area contributed by atoms with Crippen molar-refractivity contribution >= 4 is 34.7 Å². The number of hydrogen-bond acceptors (Lipinski definition) is 4. The van der Waals surface area contributed by atoms with Gasteiger partial charge >= 0.3 is 6.03 Å². The van der Waals surface area contributed by atoms with Crippen molar-refractivity contribution in [3.63, 3.8) is 0 Å². The maximum atomic E-state index is 12.6. The smallest absolute Gasteiger partial charge is 0.317 e. The first-order valence-electron chi connectivity index (χ1n) is 9.27. The number of halogens is 1. The Morgan fingerprint density at radius 1 is 1.26 bits per heavy atom. The molecule has 1 aromatic carbocycles. The maximum Gasteiger partial charge on any atom is 0.317 e. The van der Waals surface area contributed by atoms with Gasteiger partial charge in [0, 0.05) is 36.2 Å². The van der Waals surface area contributed by atoms with Gasteiger partial charge in [0.05, 0.1) is 18.0 Å². The van der Waals surface area contributed by atoms with Gasteiger partial charge in [0.15, 0.2) is 0 Å². The van der Waals surface area contributed by atoms with Gasteiger partial charge in [0.2, 0.25) is 0 Å². The zero-order chi connectivity index (χ0) is 19.2. The lowest BCUT2D eigenvalue weighted by Gasteiger charge is -2.35. The van der Waals surface area contributed by atoms with Crippen LogP contribution in [0.4, 0.5) is 10.5 Å². The minimum atomic E-state index is 0.00456. The number of ether oxygens (including phenoxy) is 1. The molecule has 0 bridgehead atoms. The molecule has 1 aromatic heterocycles. The van der Waals surface area contributed by atoms with Crippen molar-refractivity contribution in [3.8, 4) is 5.75 Å². The molecule has 0 aliphatic carbocycles. The number of hydrogen-bond donors (Lipinski definition) is 1. The first kappa shape index (κ1) is 19.8. The van der Waals surface area contributed by atoms with Gasteiger partial charge in [-0.15, -0.1) is 11.3 Å². The predicted molar refractivity (Wildman–Crippen MR) is 112 cm³/mol. The maximum absolute atomic E-state index is 12.6. The van der Waals surface area contributed by atoms with E-state index in [0.29, 0.717) is 13.1 Å². The predicted octanol–water partition coefficient (Wildman–Crippen LogP) is 4.61. The highest BCUT2D eigenvalue weighted by atomic mass is 35.5. The number of benzene rings is 1. The Kier molecular flexibility index (Phi) is 6.85. The third-order valence-electron chi connectivity index (χ3n) is 4.90. The zero-order valence-corrected chi connectivity index (χ0v) is 17.4. The second-order valence-corrected chi connectivity index (χ2v) is 8.43. The summed E-state index contributed by atoms with van der Waals surface area (Å²) in [6.07, 6.45) is 1.89. The highest BCUT2D eigenvalue weighted by Crippen LogP contribution is 2.24. The number of anilines is 1. The van der Waals surface area contributed by atoms with Crippen molar-refractivity contribution < 1.29 is 9.53 Å². The number of urea groups is 1. The van der Waals surface area contributed by atoms with Gasteiger partial charge in [-0.2, -0.15) is 0 Å². The van der Waals surface area contributed by atoms with Crippen molar-refractivity contribution in [1.29, 1.82) is 0 Å². The average molecular weight is 408 g/mol. The number of thiophene rings is 1. The van der Waals surface area contributed by atoms with Crippen LogP contribution in [0, 0.1) is 0 Å². The summed E-state index contributed by atoms with van der Waals surface area (Å²) in [7, 11) is 1.68. The van der Waals surface area contributed by atoms with Crippen LogP contribution in [0.25, 0.3) is 0 Å². The zero-order valence-electron chi connectivity index (χ0n) is 15.8. The third kappa shape index (κ3) is 5.30. The van der Waals surface area contributed by atoms with E-state index in [1.54, 1.807) is 7.11 Å². The molecule has 2 heterocycles. The van der Waals surface area contributed by atoms with E-state index in [9.17, 15) is 4.79 Å². The fourth-order valence-corrected chi connectivity index (χ4v) is 4.40. The van der Waals surface area contributed by atoms with E-state index in [2.05, 4.69) is 22.3 Å². The van der Waals surface area contributed by atoms with Crippen LogP contribution in [0.5, 0.6) is 5.75 Å². The van der Waals surface area contributed by atoms with E-state index < -0.39 is 0 Å². The molecule has 7 heteroatoms.